The highest BCUT2D eigenvalue weighted by molar-refractivity contribution is 6.31. The predicted molar refractivity (Wildman–Crippen MR) is 63.4 cm³/mol. The minimum absolute atomic E-state index is 0.0955. The molecule has 0 unspecified atom stereocenters. The highest BCUT2D eigenvalue weighted by atomic mass is 35.5. The standard InChI is InChI=1S/C12H15ClO3/c1-7-6-10(13)8(2)12(16-3)9(7)4-5-11(14)15/h6H,4-5H2,1-3H3,(H,14,15). The van der Waals surface area contributed by atoms with Crippen molar-refractivity contribution in [2.75, 3.05) is 7.11 Å². The van der Waals surface area contributed by atoms with Gasteiger partial charge in [0.1, 0.15) is 5.75 Å². The summed E-state index contributed by atoms with van der Waals surface area (Å²) in [6.45, 7) is 3.77. The highest BCUT2D eigenvalue weighted by Crippen LogP contribution is 2.33. The smallest absolute Gasteiger partial charge is 0.303 e. The maximum absolute atomic E-state index is 10.6. The van der Waals surface area contributed by atoms with Gasteiger partial charge < -0.3 is 9.84 Å². The van der Waals surface area contributed by atoms with Gasteiger partial charge in [-0.2, -0.15) is 0 Å². The molecule has 1 rings (SSSR count). The van der Waals surface area contributed by atoms with Crippen LogP contribution < -0.4 is 4.74 Å². The van der Waals surface area contributed by atoms with Crippen LogP contribution in [-0.4, -0.2) is 18.2 Å². The molecule has 0 radical (unpaired) electrons. The van der Waals surface area contributed by atoms with Crippen LogP contribution in [0.1, 0.15) is 23.1 Å². The van der Waals surface area contributed by atoms with Crippen LogP contribution in [0.15, 0.2) is 6.07 Å². The monoisotopic (exact) mass is 242 g/mol. The van der Waals surface area contributed by atoms with Crippen LogP contribution in [0.5, 0.6) is 5.75 Å². The Kier molecular flexibility index (Phi) is 4.19. The third-order valence-electron chi connectivity index (χ3n) is 2.59. The average molecular weight is 243 g/mol. The van der Waals surface area contributed by atoms with Gasteiger partial charge in [0.2, 0.25) is 0 Å². The molecule has 0 saturated heterocycles. The molecule has 0 spiro atoms. The van der Waals surface area contributed by atoms with Gasteiger partial charge in [-0.05, 0) is 37.5 Å². The Balaban J connectivity index is 3.15. The van der Waals surface area contributed by atoms with E-state index >= 15 is 0 Å². The quantitative estimate of drug-likeness (QED) is 0.883. The van der Waals surface area contributed by atoms with Crippen LogP contribution in [0.25, 0.3) is 0 Å². The molecule has 0 fully saturated rings. The average Bonchev–Trinajstić information content (AvgIpc) is 2.21. The molecular formula is C12H15ClO3. The fourth-order valence-electron chi connectivity index (χ4n) is 1.72. The Morgan fingerprint density at radius 1 is 1.50 bits per heavy atom. The van der Waals surface area contributed by atoms with Crippen molar-refractivity contribution in [3.63, 3.8) is 0 Å². The van der Waals surface area contributed by atoms with Gasteiger partial charge in [0.25, 0.3) is 0 Å². The van der Waals surface area contributed by atoms with Gasteiger partial charge in [0.05, 0.1) is 7.11 Å². The van der Waals surface area contributed by atoms with Gasteiger partial charge >= 0.3 is 5.97 Å². The largest absolute Gasteiger partial charge is 0.496 e. The Hall–Kier alpha value is -1.22. The first-order chi connectivity index (χ1) is 7.47. The fourth-order valence-corrected chi connectivity index (χ4v) is 1.97. The number of ether oxygens (including phenoxy) is 1. The minimum Gasteiger partial charge on any atom is -0.496 e. The van der Waals surface area contributed by atoms with Crippen LogP contribution >= 0.6 is 11.6 Å². The molecule has 1 aromatic carbocycles. The molecule has 4 heteroatoms. The molecule has 1 aromatic rings. The number of carboxylic acids is 1. The fraction of sp³-hybridized carbons (Fsp3) is 0.417. The molecule has 88 valence electrons. The van der Waals surface area contributed by atoms with Crippen LogP contribution in [0.2, 0.25) is 5.02 Å². The van der Waals surface area contributed by atoms with E-state index in [2.05, 4.69) is 0 Å². The van der Waals surface area contributed by atoms with Crippen LogP contribution in [0.4, 0.5) is 0 Å². The maximum atomic E-state index is 10.6. The van der Waals surface area contributed by atoms with Crippen molar-refractivity contribution >= 4 is 17.6 Å². The number of hydrogen-bond donors (Lipinski definition) is 1. The van der Waals surface area contributed by atoms with E-state index in [0.29, 0.717) is 17.2 Å². The third-order valence-corrected chi connectivity index (χ3v) is 2.98. The number of rotatable bonds is 4. The lowest BCUT2D eigenvalue weighted by Gasteiger charge is -2.15. The van der Waals surface area contributed by atoms with E-state index in [4.69, 9.17) is 21.4 Å². The third kappa shape index (κ3) is 2.67. The van der Waals surface area contributed by atoms with E-state index in [0.717, 1.165) is 16.7 Å². The van der Waals surface area contributed by atoms with Gasteiger partial charge in [-0.25, -0.2) is 0 Å². The van der Waals surface area contributed by atoms with Crippen molar-refractivity contribution in [1.82, 2.24) is 0 Å². The number of aliphatic carboxylic acids is 1. The first kappa shape index (κ1) is 12.8. The van der Waals surface area contributed by atoms with Crippen molar-refractivity contribution in [1.29, 1.82) is 0 Å². The molecule has 0 atom stereocenters. The molecule has 0 heterocycles. The van der Waals surface area contributed by atoms with E-state index < -0.39 is 5.97 Å². The Morgan fingerprint density at radius 2 is 2.12 bits per heavy atom. The van der Waals surface area contributed by atoms with E-state index in [1.54, 1.807) is 7.11 Å². The molecule has 0 aliphatic carbocycles. The van der Waals surface area contributed by atoms with Crippen molar-refractivity contribution in [3.8, 4) is 5.75 Å². The molecule has 3 nitrogen and oxygen atoms in total. The topological polar surface area (TPSA) is 46.5 Å². The second kappa shape index (κ2) is 5.21. The number of carboxylic acid groups (broad SMARTS) is 1. The van der Waals surface area contributed by atoms with Gasteiger partial charge in [-0.1, -0.05) is 11.6 Å². The first-order valence-corrected chi connectivity index (χ1v) is 5.39. The summed E-state index contributed by atoms with van der Waals surface area (Å²) < 4.78 is 5.29. The second-order valence-corrected chi connectivity index (χ2v) is 4.11. The summed E-state index contributed by atoms with van der Waals surface area (Å²) >= 11 is 6.04. The maximum Gasteiger partial charge on any atom is 0.303 e. The number of methoxy groups -OCH3 is 1. The van der Waals surface area contributed by atoms with Crippen LogP contribution in [0.3, 0.4) is 0 Å². The SMILES string of the molecule is COc1c(C)c(Cl)cc(C)c1CCC(=O)O. The molecule has 0 bridgehead atoms. The molecule has 0 aliphatic heterocycles. The lowest BCUT2D eigenvalue weighted by atomic mass is 9.99. The van der Waals surface area contributed by atoms with Gasteiger partial charge in [-0.3, -0.25) is 4.79 Å². The molecule has 16 heavy (non-hydrogen) atoms. The number of aryl methyl sites for hydroxylation is 1. The minimum atomic E-state index is -0.811. The number of hydrogen-bond acceptors (Lipinski definition) is 2. The van der Waals surface area contributed by atoms with E-state index in [1.807, 2.05) is 19.9 Å². The highest BCUT2D eigenvalue weighted by Gasteiger charge is 2.14. The summed E-state index contributed by atoms with van der Waals surface area (Å²) in [5.74, 6) is -0.111. The first-order valence-electron chi connectivity index (χ1n) is 5.01. The van der Waals surface area contributed by atoms with Gasteiger partial charge in [0, 0.05) is 17.0 Å². The lowest BCUT2D eigenvalue weighted by molar-refractivity contribution is -0.136. The van der Waals surface area contributed by atoms with Crippen LogP contribution in [-0.2, 0) is 11.2 Å². The molecule has 0 aromatic heterocycles. The lowest BCUT2D eigenvalue weighted by Crippen LogP contribution is -2.03. The summed E-state index contributed by atoms with van der Waals surface area (Å²) in [6, 6.07) is 1.84. The Bertz CT molecular complexity index is 413. The van der Waals surface area contributed by atoms with Crippen molar-refractivity contribution < 1.29 is 14.6 Å². The number of halogens is 1. The number of carbonyl (C=O) groups is 1. The predicted octanol–water partition coefficient (Wildman–Crippen LogP) is 2.98. The summed E-state index contributed by atoms with van der Waals surface area (Å²) in [7, 11) is 1.57. The summed E-state index contributed by atoms with van der Waals surface area (Å²) in [5, 5.41) is 9.33. The zero-order valence-corrected chi connectivity index (χ0v) is 10.4. The van der Waals surface area contributed by atoms with Gasteiger partial charge in [-0.15, -0.1) is 0 Å². The second-order valence-electron chi connectivity index (χ2n) is 3.71. The summed E-state index contributed by atoms with van der Waals surface area (Å²) in [6.07, 6.45) is 0.556. The van der Waals surface area contributed by atoms with E-state index in [1.165, 1.54) is 0 Å². The Labute approximate surface area is 100.0 Å². The van der Waals surface area contributed by atoms with Gasteiger partial charge in [0.15, 0.2) is 0 Å². The van der Waals surface area contributed by atoms with Crippen molar-refractivity contribution in [2.24, 2.45) is 0 Å². The van der Waals surface area contributed by atoms with E-state index in [9.17, 15) is 4.79 Å². The van der Waals surface area contributed by atoms with Crippen LogP contribution in [0, 0.1) is 13.8 Å². The Morgan fingerprint density at radius 3 is 2.62 bits per heavy atom. The summed E-state index contributed by atoms with van der Waals surface area (Å²) in [5.41, 5.74) is 2.75. The summed E-state index contributed by atoms with van der Waals surface area (Å²) in [4.78, 5) is 10.6. The molecule has 1 N–H and O–H groups in total. The molecule has 0 amide bonds. The van der Waals surface area contributed by atoms with Crippen molar-refractivity contribution in [3.05, 3.63) is 27.8 Å². The number of benzene rings is 1. The zero-order valence-electron chi connectivity index (χ0n) is 9.63. The molecular weight excluding hydrogens is 228 g/mol. The van der Waals surface area contributed by atoms with Crippen molar-refractivity contribution in [2.45, 2.75) is 26.7 Å². The molecule has 0 aliphatic rings. The van der Waals surface area contributed by atoms with E-state index in [-0.39, 0.29) is 6.42 Å². The zero-order chi connectivity index (χ0) is 12.3. The normalized spacial score (nSPS) is 10.2. The molecule has 0 saturated carbocycles.